The zero-order valence-corrected chi connectivity index (χ0v) is 15.5. The minimum absolute atomic E-state index is 0.00211. The number of rotatable bonds is 6. The lowest BCUT2D eigenvalue weighted by Gasteiger charge is -2.20. The van der Waals surface area contributed by atoms with Crippen LogP contribution in [0.3, 0.4) is 0 Å². The molecule has 0 radical (unpaired) electrons. The van der Waals surface area contributed by atoms with Crippen molar-refractivity contribution in [1.82, 2.24) is 5.32 Å². The van der Waals surface area contributed by atoms with Gasteiger partial charge >= 0.3 is 0 Å². The van der Waals surface area contributed by atoms with E-state index in [2.05, 4.69) is 10.6 Å². The maximum absolute atomic E-state index is 12.9. The largest absolute Gasteiger partial charge is 0.493 e. The Labute approximate surface area is 156 Å². The van der Waals surface area contributed by atoms with E-state index in [1.807, 2.05) is 0 Å². The van der Waals surface area contributed by atoms with E-state index in [4.69, 9.17) is 21.7 Å². The number of anilines is 2. The highest BCUT2D eigenvalue weighted by molar-refractivity contribution is 7.80. The summed E-state index contributed by atoms with van der Waals surface area (Å²) >= 11 is 5.14. The number of halogens is 1. The van der Waals surface area contributed by atoms with Crippen molar-refractivity contribution >= 4 is 34.6 Å². The van der Waals surface area contributed by atoms with Gasteiger partial charge in [-0.1, -0.05) is 0 Å². The number of carbonyl (C=O) groups excluding carboxylic acids is 1. The molecule has 0 aromatic heterocycles. The first kappa shape index (κ1) is 19.5. The quantitative estimate of drug-likeness (QED) is 0.755. The van der Waals surface area contributed by atoms with Crippen LogP contribution in [-0.2, 0) is 4.79 Å². The van der Waals surface area contributed by atoms with Crippen molar-refractivity contribution in [3.63, 3.8) is 0 Å². The van der Waals surface area contributed by atoms with E-state index in [1.54, 1.807) is 44.5 Å². The van der Waals surface area contributed by atoms with Gasteiger partial charge < -0.3 is 25.0 Å². The number of nitrogens with zero attached hydrogens (tertiary/aromatic N) is 1. The summed E-state index contributed by atoms with van der Waals surface area (Å²) in [6.07, 6.45) is 0. The first-order chi connectivity index (χ1) is 12.4. The van der Waals surface area contributed by atoms with Crippen LogP contribution in [0.5, 0.6) is 11.5 Å². The number of nitrogens with one attached hydrogen (secondary N) is 2. The van der Waals surface area contributed by atoms with E-state index >= 15 is 0 Å². The Balaban J connectivity index is 1.92. The van der Waals surface area contributed by atoms with E-state index in [9.17, 15) is 9.18 Å². The van der Waals surface area contributed by atoms with Crippen LogP contribution in [0.1, 0.15) is 0 Å². The molecular weight excluding hydrogens is 357 g/mol. The first-order valence-corrected chi connectivity index (χ1v) is 8.14. The Morgan fingerprint density at radius 3 is 2.38 bits per heavy atom. The van der Waals surface area contributed by atoms with Crippen LogP contribution in [0.25, 0.3) is 0 Å². The third-order valence-corrected chi connectivity index (χ3v) is 3.88. The molecule has 1 amide bonds. The Hall–Kier alpha value is -2.87. The van der Waals surface area contributed by atoms with Gasteiger partial charge in [-0.15, -0.1) is 0 Å². The highest BCUT2D eigenvalue weighted by Gasteiger charge is 2.14. The van der Waals surface area contributed by atoms with Crippen LogP contribution in [0.15, 0.2) is 42.5 Å². The van der Waals surface area contributed by atoms with Crippen molar-refractivity contribution in [3.05, 3.63) is 48.3 Å². The number of likely N-dealkylation sites (N-methyl/N-ethyl adjacent to an activating group) is 1. The zero-order valence-electron chi connectivity index (χ0n) is 14.7. The van der Waals surface area contributed by atoms with Gasteiger partial charge in [0.05, 0.1) is 20.8 Å². The second kappa shape index (κ2) is 9.00. The normalized spacial score (nSPS) is 10.0. The van der Waals surface area contributed by atoms with Crippen LogP contribution < -0.4 is 25.0 Å². The second-order valence-corrected chi connectivity index (χ2v) is 5.71. The molecule has 0 unspecified atom stereocenters. The number of ether oxygens (including phenoxy) is 2. The van der Waals surface area contributed by atoms with E-state index in [0.29, 0.717) is 22.9 Å². The summed E-state index contributed by atoms with van der Waals surface area (Å²) in [5, 5.41) is 5.98. The predicted octanol–water partition coefficient (Wildman–Crippen LogP) is 2.79. The molecule has 0 spiro atoms. The summed E-state index contributed by atoms with van der Waals surface area (Å²) in [5.74, 6) is 0.590. The molecule has 138 valence electrons. The lowest BCUT2D eigenvalue weighted by atomic mass is 10.2. The molecule has 0 aliphatic rings. The molecule has 0 saturated carbocycles. The van der Waals surface area contributed by atoms with Gasteiger partial charge in [0.2, 0.25) is 5.91 Å². The predicted molar refractivity (Wildman–Crippen MR) is 104 cm³/mol. The number of hydrogen-bond donors (Lipinski definition) is 2. The fraction of sp³-hybridized carbons (Fsp3) is 0.222. The van der Waals surface area contributed by atoms with E-state index in [-0.39, 0.29) is 23.4 Å². The molecule has 2 aromatic rings. The molecule has 0 fully saturated rings. The Morgan fingerprint density at radius 1 is 1.12 bits per heavy atom. The molecule has 8 heteroatoms. The highest BCUT2D eigenvalue weighted by atomic mass is 32.1. The van der Waals surface area contributed by atoms with Crippen molar-refractivity contribution in [3.8, 4) is 11.5 Å². The number of benzene rings is 2. The molecule has 0 bridgehead atoms. The summed E-state index contributed by atoms with van der Waals surface area (Å²) in [7, 11) is 4.73. The maximum Gasteiger partial charge on any atom is 0.246 e. The minimum Gasteiger partial charge on any atom is -0.493 e. The van der Waals surface area contributed by atoms with Crippen molar-refractivity contribution in [2.45, 2.75) is 0 Å². The number of amides is 1. The summed E-state index contributed by atoms with van der Waals surface area (Å²) in [6.45, 7) is -0.00211. The number of hydrogen-bond acceptors (Lipinski definition) is 4. The van der Waals surface area contributed by atoms with Crippen LogP contribution in [0.2, 0.25) is 0 Å². The average Bonchev–Trinajstić information content (AvgIpc) is 2.66. The Bertz CT molecular complexity index is 784. The van der Waals surface area contributed by atoms with Crippen LogP contribution in [-0.4, -0.2) is 38.8 Å². The summed E-state index contributed by atoms with van der Waals surface area (Å²) < 4.78 is 23.3. The monoisotopic (exact) mass is 377 g/mol. The molecule has 2 N–H and O–H groups in total. The van der Waals surface area contributed by atoms with Gasteiger partial charge in [0, 0.05) is 24.5 Å². The van der Waals surface area contributed by atoms with E-state index in [1.165, 1.54) is 24.1 Å². The summed E-state index contributed by atoms with van der Waals surface area (Å²) in [6, 6.07) is 11.0. The lowest BCUT2D eigenvalue weighted by molar-refractivity contribution is -0.117. The molecule has 0 aliphatic heterocycles. The molecule has 6 nitrogen and oxygen atoms in total. The standard InChI is InChI=1S/C18H20FN3O3S/c1-22(14-8-9-15(24-2)16(10-14)25-3)17(23)11-20-18(26)21-13-6-4-12(19)5-7-13/h4-10H,11H2,1-3H3,(H2,20,21,26). The van der Waals surface area contributed by atoms with Gasteiger partial charge in [0.15, 0.2) is 16.6 Å². The number of carbonyl (C=O) groups is 1. The van der Waals surface area contributed by atoms with Gasteiger partial charge in [0.25, 0.3) is 0 Å². The summed E-state index contributed by atoms with van der Waals surface area (Å²) in [5.41, 5.74) is 1.29. The van der Waals surface area contributed by atoms with Crippen molar-refractivity contribution < 1.29 is 18.7 Å². The molecule has 0 aliphatic carbocycles. The average molecular weight is 377 g/mol. The molecule has 2 aromatic carbocycles. The topological polar surface area (TPSA) is 62.8 Å². The van der Waals surface area contributed by atoms with Gasteiger partial charge in [-0.05, 0) is 48.6 Å². The second-order valence-electron chi connectivity index (χ2n) is 5.31. The molecule has 0 atom stereocenters. The van der Waals surface area contributed by atoms with Crippen molar-refractivity contribution in [2.24, 2.45) is 0 Å². The molecule has 26 heavy (non-hydrogen) atoms. The first-order valence-electron chi connectivity index (χ1n) is 7.73. The molecule has 0 saturated heterocycles. The Kier molecular flexibility index (Phi) is 6.74. The van der Waals surface area contributed by atoms with Gasteiger partial charge in [0.1, 0.15) is 5.82 Å². The minimum atomic E-state index is -0.332. The van der Waals surface area contributed by atoms with Gasteiger partial charge in [-0.3, -0.25) is 4.79 Å². The lowest BCUT2D eigenvalue weighted by Crippen LogP contribution is -2.39. The molecule has 0 heterocycles. The van der Waals surface area contributed by atoms with Gasteiger partial charge in [-0.2, -0.15) is 0 Å². The number of methoxy groups -OCH3 is 2. The third-order valence-electron chi connectivity index (χ3n) is 3.63. The van der Waals surface area contributed by atoms with Crippen molar-refractivity contribution in [2.75, 3.05) is 38.0 Å². The van der Waals surface area contributed by atoms with Crippen LogP contribution in [0, 0.1) is 5.82 Å². The highest BCUT2D eigenvalue weighted by Crippen LogP contribution is 2.31. The maximum atomic E-state index is 12.9. The Morgan fingerprint density at radius 2 is 1.77 bits per heavy atom. The fourth-order valence-corrected chi connectivity index (χ4v) is 2.35. The van der Waals surface area contributed by atoms with Crippen LogP contribution in [0.4, 0.5) is 15.8 Å². The zero-order chi connectivity index (χ0) is 19.1. The molecular formula is C18H20FN3O3S. The number of thiocarbonyl (C=S) groups is 1. The van der Waals surface area contributed by atoms with Crippen LogP contribution >= 0.6 is 12.2 Å². The SMILES string of the molecule is COc1ccc(N(C)C(=O)CNC(=S)Nc2ccc(F)cc2)cc1OC. The third kappa shape index (κ3) is 5.06. The summed E-state index contributed by atoms with van der Waals surface area (Å²) in [4.78, 5) is 13.8. The molecule has 2 rings (SSSR count). The van der Waals surface area contributed by atoms with Crippen molar-refractivity contribution in [1.29, 1.82) is 0 Å². The van der Waals surface area contributed by atoms with Gasteiger partial charge in [-0.25, -0.2) is 4.39 Å². The van der Waals surface area contributed by atoms with E-state index in [0.717, 1.165) is 0 Å². The van der Waals surface area contributed by atoms with E-state index < -0.39 is 0 Å². The smallest absolute Gasteiger partial charge is 0.246 e. The fourth-order valence-electron chi connectivity index (χ4n) is 2.16.